The van der Waals surface area contributed by atoms with E-state index in [0.29, 0.717) is 39.8 Å². The van der Waals surface area contributed by atoms with Crippen LogP contribution in [0.15, 0.2) is 30.6 Å². The molecule has 0 spiro atoms. The Morgan fingerprint density at radius 1 is 1.15 bits per heavy atom. The first-order valence-electron chi connectivity index (χ1n) is 11.0. The molecule has 0 unspecified atom stereocenters. The molecule has 34 heavy (non-hydrogen) atoms. The zero-order valence-electron chi connectivity index (χ0n) is 18.6. The summed E-state index contributed by atoms with van der Waals surface area (Å²) in [5.74, 6) is 1.46. The highest BCUT2D eigenvalue weighted by Crippen LogP contribution is 2.35. The van der Waals surface area contributed by atoms with E-state index >= 15 is 0 Å². The summed E-state index contributed by atoms with van der Waals surface area (Å²) in [7, 11) is -0.799. The molecular weight excluding hydrogens is 465 g/mol. The van der Waals surface area contributed by atoms with E-state index in [1.54, 1.807) is 24.6 Å². The molecule has 5 rings (SSSR count). The molecule has 0 aliphatic carbocycles. The van der Waals surface area contributed by atoms with Crippen molar-refractivity contribution in [2.24, 2.45) is 0 Å². The van der Waals surface area contributed by atoms with Gasteiger partial charge in [-0.25, -0.2) is 23.1 Å². The minimum Gasteiger partial charge on any atom is -0.363 e. The second kappa shape index (κ2) is 8.94. The number of aromatic nitrogens is 5. The SMILES string of the molecule is Cc1nc(N[C@H](C)c2cccc(C(F)F)c2F)c2cc(C3CCS(=O)CC3)c3nncn3c2n1. The smallest absolute Gasteiger partial charge is 0.266 e. The molecule has 0 radical (unpaired) electrons. The summed E-state index contributed by atoms with van der Waals surface area (Å²) < 4.78 is 54.9. The topological polar surface area (TPSA) is 85.1 Å². The van der Waals surface area contributed by atoms with Crippen LogP contribution in [0.1, 0.15) is 60.7 Å². The standard InChI is InChI=1S/C23H23F3N6OS/c1-12(15-4-3-5-16(19(15)24)20(25)26)28-21-18-10-17(14-6-8-34(33)9-7-14)23-31-27-11-32(23)22(18)30-13(2)29-21/h3-5,10-12,14,20H,6-9H2,1-2H3,(H,28,29,30)/t12-,14?,34?/m1/s1. The highest BCUT2D eigenvalue weighted by atomic mass is 32.2. The summed E-state index contributed by atoms with van der Waals surface area (Å²) in [4.78, 5) is 9.13. The van der Waals surface area contributed by atoms with E-state index in [4.69, 9.17) is 0 Å². The van der Waals surface area contributed by atoms with Gasteiger partial charge in [-0.3, -0.25) is 8.61 Å². The van der Waals surface area contributed by atoms with Crippen LogP contribution >= 0.6 is 0 Å². The molecule has 1 atom stereocenters. The van der Waals surface area contributed by atoms with Crippen LogP contribution < -0.4 is 5.32 Å². The molecule has 7 nitrogen and oxygen atoms in total. The van der Waals surface area contributed by atoms with Gasteiger partial charge in [0, 0.05) is 33.4 Å². The summed E-state index contributed by atoms with van der Waals surface area (Å²) >= 11 is 0. The molecule has 11 heteroatoms. The number of anilines is 1. The molecule has 1 fully saturated rings. The lowest BCUT2D eigenvalue weighted by molar-refractivity contribution is 0.146. The van der Waals surface area contributed by atoms with Gasteiger partial charge in [-0.05, 0) is 38.7 Å². The Kier molecular flexibility index (Phi) is 5.97. The van der Waals surface area contributed by atoms with Gasteiger partial charge in [0.1, 0.15) is 23.8 Å². The van der Waals surface area contributed by atoms with Crippen LogP contribution in [-0.2, 0) is 10.8 Å². The first kappa shape index (κ1) is 22.7. The highest BCUT2D eigenvalue weighted by molar-refractivity contribution is 7.85. The zero-order valence-corrected chi connectivity index (χ0v) is 19.5. The molecule has 1 aliphatic rings. The molecule has 0 bridgehead atoms. The van der Waals surface area contributed by atoms with Gasteiger partial charge in [-0.2, -0.15) is 0 Å². The van der Waals surface area contributed by atoms with E-state index < -0.39 is 34.6 Å². The lowest BCUT2D eigenvalue weighted by Gasteiger charge is -2.23. The van der Waals surface area contributed by atoms with Crippen LogP contribution in [0.2, 0.25) is 0 Å². The number of hydrogen-bond donors (Lipinski definition) is 1. The van der Waals surface area contributed by atoms with Gasteiger partial charge in [0.15, 0.2) is 11.3 Å². The summed E-state index contributed by atoms with van der Waals surface area (Å²) in [5.41, 5.74) is 1.75. The average molecular weight is 489 g/mol. The highest BCUT2D eigenvalue weighted by Gasteiger charge is 2.25. The largest absolute Gasteiger partial charge is 0.363 e. The maximum atomic E-state index is 14.8. The fourth-order valence-electron chi connectivity index (χ4n) is 4.56. The molecule has 4 aromatic rings. The van der Waals surface area contributed by atoms with E-state index in [-0.39, 0.29) is 11.5 Å². The van der Waals surface area contributed by atoms with E-state index in [1.165, 1.54) is 12.1 Å². The van der Waals surface area contributed by atoms with Crippen LogP contribution in [0.3, 0.4) is 0 Å². The van der Waals surface area contributed by atoms with Crippen LogP contribution in [0.5, 0.6) is 0 Å². The predicted molar refractivity (Wildman–Crippen MR) is 124 cm³/mol. The number of nitrogens with zero attached hydrogens (tertiary/aromatic N) is 5. The van der Waals surface area contributed by atoms with Gasteiger partial charge >= 0.3 is 0 Å². The molecule has 1 N–H and O–H groups in total. The molecule has 1 aromatic carbocycles. The van der Waals surface area contributed by atoms with Crippen molar-refractivity contribution < 1.29 is 17.4 Å². The first-order chi connectivity index (χ1) is 16.3. The Balaban J connectivity index is 1.61. The third-order valence-corrected chi connectivity index (χ3v) is 7.69. The van der Waals surface area contributed by atoms with Crippen molar-refractivity contribution in [2.75, 3.05) is 16.8 Å². The zero-order chi connectivity index (χ0) is 24.0. The molecule has 4 heterocycles. The molecule has 0 saturated carbocycles. The molecule has 0 amide bonds. The quantitative estimate of drug-likeness (QED) is 0.432. The number of benzene rings is 1. The Morgan fingerprint density at radius 2 is 1.88 bits per heavy atom. The van der Waals surface area contributed by atoms with E-state index in [2.05, 4.69) is 25.5 Å². The summed E-state index contributed by atoms with van der Waals surface area (Å²) in [6.07, 6.45) is 0.243. The van der Waals surface area contributed by atoms with Gasteiger partial charge in [0.05, 0.1) is 17.0 Å². The molecule has 1 saturated heterocycles. The number of alkyl halides is 2. The number of nitrogens with one attached hydrogen (secondary N) is 1. The lowest BCUT2D eigenvalue weighted by Crippen LogP contribution is -2.18. The monoisotopic (exact) mass is 488 g/mol. The number of hydrogen-bond acceptors (Lipinski definition) is 6. The third kappa shape index (κ3) is 4.02. The number of aryl methyl sites for hydroxylation is 1. The van der Waals surface area contributed by atoms with Crippen LogP contribution in [0, 0.1) is 12.7 Å². The molecule has 1 aliphatic heterocycles. The normalized spacial score (nSPS) is 19.7. The maximum absolute atomic E-state index is 14.8. The Bertz CT molecular complexity index is 1400. The average Bonchev–Trinajstić information content (AvgIpc) is 3.29. The lowest BCUT2D eigenvalue weighted by atomic mass is 9.93. The number of fused-ring (bicyclic) bond motifs is 3. The van der Waals surface area contributed by atoms with Gasteiger partial charge in [0.25, 0.3) is 6.43 Å². The Morgan fingerprint density at radius 3 is 2.62 bits per heavy atom. The summed E-state index contributed by atoms with van der Waals surface area (Å²) in [5, 5.41) is 12.3. The minimum atomic E-state index is -2.90. The fourth-order valence-corrected chi connectivity index (χ4v) is 5.86. The van der Waals surface area contributed by atoms with E-state index in [9.17, 15) is 17.4 Å². The predicted octanol–water partition coefficient (Wildman–Crippen LogP) is 4.86. The number of pyridine rings is 1. The second-order valence-electron chi connectivity index (χ2n) is 8.52. The molecule has 178 valence electrons. The maximum Gasteiger partial charge on any atom is 0.266 e. The van der Waals surface area contributed by atoms with Crippen LogP contribution in [-0.4, -0.2) is 40.3 Å². The van der Waals surface area contributed by atoms with Crippen molar-refractivity contribution in [3.8, 4) is 0 Å². The van der Waals surface area contributed by atoms with E-state index in [1.807, 2.05) is 6.07 Å². The number of rotatable bonds is 5. The van der Waals surface area contributed by atoms with Crippen molar-refractivity contribution in [3.05, 3.63) is 58.9 Å². The fraction of sp³-hybridized carbons (Fsp3) is 0.391. The van der Waals surface area contributed by atoms with Crippen molar-refractivity contribution in [2.45, 2.75) is 45.1 Å². The van der Waals surface area contributed by atoms with Crippen molar-refractivity contribution >= 4 is 33.3 Å². The van der Waals surface area contributed by atoms with Gasteiger partial charge in [-0.15, -0.1) is 10.2 Å². The number of halogens is 3. The molecule has 3 aromatic heterocycles. The first-order valence-corrected chi connectivity index (χ1v) is 12.5. The van der Waals surface area contributed by atoms with Gasteiger partial charge in [0.2, 0.25) is 0 Å². The Hall–Kier alpha value is -3.08. The van der Waals surface area contributed by atoms with E-state index in [0.717, 1.165) is 24.5 Å². The molecular formula is C23H23F3N6OS. The summed E-state index contributed by atoms with van der Waals surface area (Å²) in [6.45, 7) is 3.44. The van der Waals surface area contributed by atoms with Gasteiger partial charge < -0.3 is 5.32 Å². The van der Waals surface area contributed by atoms with Gasteiger partial charge in [-0.1, -0.05) is 18.2 Å². The Labute approximate surface area is 196 Å². The summed E-state index contributed by atoms with van der Waals surface area (Å²) in [6, 6.07) is 5.34. The van der Waals surface area contributed by atoms with Crippen molar-refractivity contribution in [1.82, 2.24) is 24.6 Å². The van der Waals surface area contributed by atoms with Crippen molar-refractivity contribution in [1.29, 1.82) is 0 Å². The van der Waals surface area contributed by atoms with Crippen LogP contribution in [0.25, 0.3) is 16.7 Å². The van der Waals surface area contributed by atoms with Crippen LogP contribution in [0.4, 0.5) is 19.0 Å². The minimum absolute atomic E-state index is 0.127. The second-order valence-corrected chi connectivity index (χ2v) is 10.2. The third-order valence-electron chi connectivity index (χ3n) is 6.31. The van der Waals surface area contributed by atoms with Crippen molar-refractivity contribution in [3.63, 3.8) is 0 Å².